The third-order valence-electron chi connectivity index (χ3n) is 5.70. The molecule has 2 heterocycles. The molecule has 6 nitrogen and oxygen atoms in total. The van der Waals surface area contributed by atoms with Gasteiger partial charge < -0.3 is 19.6 Å². The molecule has 7 heteroatoms. The van der Waals surface area contributed by atoms with E-state index in [1.54, 1.807) is 36.4 Å². The average Bonchev–Trinajstić information content (AvgIpc) is 3.22. The number of hydrogen-bond donors (Lipinski definition) is 1. The van der Waals surface area contributed by atoms with Crippen molar-refractivity contribution in [2.75, 3.05) is 27.2 Å². The fourth-order valence-corrected chi connectivity index (χ4v) is 4.16. The maximum atomic E-state index is 14.7. The Morgan fingerprint density at radius 1 is 1.23 bits per heavy atom. The zero-order valence-electron chi connectivity index (χ0n) is 17.8. The molecular formula is C24H25FN2O4. The zero-order valence-corrected chi connectivity index (χ0v) is 17.8. The molecule has 2 aromatic carbocycles. The Kier molecular flexibility index (Phi) is 5.54. The number of rotatable bonds is 5. The van der Waals surface area contributed by atoms with Crippen LogP contribution in [0.4, 0.5) is 4.39 Å². The number of likely N-dealkylation sites (N-methyl/N-ethyl adjacent to an activating group) is 1. The van der Waals surface area contributed by atoms with Gasteiger partial charge in [0.25, 0.3) is 11.7 Å². The highest BCUT2D eigenvalue weighted by atomic mass is 19.1. The fraction of sp³-hybridized carbons (Fsp3) is 0.333. The van der Waals surface area contributed by atoms with Crippen molar-refractivity contribution in [2.45, 2.75) is 25.5 Å². The van der Waals surface area contributed by atoms with Crippen molar-refractivity contribution in [1.29, 1.82) is 0 Å². The molecule has 1 saturated heterocycles. The third kappa shape index (κ3) is 3.81. The number of Topliss-reactive ketones (excluding diaryl/α,β-unsaturated/α-hetero) is 1. The Morgan fingerprint density at radius 3 is 2.68 bits per heavy atom. The van der Waals surface area contributed by atoms with Crippen LogP contribution in [0.25, 0.3) is 5.76 Å². The number of halogens is 1. The molecule has 162 valence electrons. The summed E-state index contributed by atoms with van der Waals surface area (Å²) in [5.41, 5.74) is 1.41. The van der Waals surface area contributed by atoms with Gasteiger partial charge in [-0.25, -0.2) is 4.39 Å². The van der Waals surface area contributed by atoms with Gasteiger partial charge in [0.15, 0.2) is 0 Å². The van der Waals surface area contributed by atoms with Gasteiger partial charge in [0.2, 0.25) is 0 Å². The van der Waals surface area contributed by atoms with E-state index in [4.69, 9.17) is 4.74 Å². The standard InChI is InChI=1S/C24H25FN2O4/c1-14-12-16-13-15(8-9-19(16)31-14)22(28)20-21(17-6-4-5-7-18(17)25)27(11-10-26(2)3)24(30)23(20)29/h4-9,13-14,21,28H,10-12H2,1-3H3/b22-20+/t14-,21-/m1/s1. The molecule has 4 rings (SSSR count). The van der Waals surface area contributed by atoms with E-state index in [0.717, 1.165) is 11.3 Å². The maximum Gasteiger partial charge on any atom is 0.295 e. The molecule has 0 bridgehead atoms. The molecule has 2 aromatic rings. The summed E-state index contributed by atoms with van der Waals surface area (Å²) < 4.78 is 20.5. The van der Waals surface area contributed by atoms with Crippen LogP contribution in [-0.2, 0) is 16.0 Å². The van der Waals surface area contributed by atoms with E-state index in [9.17, 15) is 19.1 Å². The molecular weight excluding hydrogens is 399 g/mol. The number of nitrogens with zero attached hydrogens (tertiary/aromatic N) is 2. The minimum absolute atomic E-state index is 0.0300. The molecule has 31 heavy (non-hydrogen) atoms. The van der Waals surface area contributed by atoms with Crippen LogP contribution in [0, 0.1) is 5.82 Å². The summed E-state index contributed by atoms with van der Waals surface area (Å²) >= 11 is 0. The lowest BCUT2D eigenvalue weighted by Crippen LogP contribution is -2.35. The number of carbonyl (C=O) groups is 2. The van der Waals surface area contributed by atoms with Crippen LogP contribution in [0.15, 0.2) is 48.0 Å². The summed E-state index contributed by atoms with van der Waals surface area (Å²) in [6.45, 7) is 2.67. The highest BCUT2D eigenvalue weighted by Gasteiger charge is 2.46. The van der Waals surface area contributed by atoms with E-state index < -0.39 is 23.5 Å². The van der Waals surface area contributed by atoms with Crippen LogP contribution >= 0.6 is 0 Å². The summed E-state index contributed by atoms with van der Waals surface area (Å²) in [7, 11) is 3.70. The van der Waals surface area contributed by atoms with Gasteiger partial charge in [-0.2, -0.15) is 0 Å². The Bertz CT molecular complexity index is 1080. The number of carbonyl (C=O) groups excluding carboxylic acids is 2. The molecule has 0 radical (unpaired) electrons. The van der Waals surface area contributed by atoms with Gasteiger partial charge in [0.1, 0.15) is 23.4 Å². The molecule has 0 aromatic heterocycles. The molecule has 0 saturated carbocycles. The number of benzene rings is 2. The summed E-state index contributed by atoms with van der Waals surface area (Å²) in [5.74, 6) is -1.65. The highest BCUT2D eigenvalue weighted by molar-refractivity contribution is 6.46. The van der Waals surface area contributed by atoms with Crippen molar-refractivity contribution < 1.29 is 23.8 Å². The fourth-order valence-electron chi connectivity index (χ4n) is 4.16. The average molecular weight is 424 g/mol. The van der Waals surface area contributed by atoms with E-state index in [2.05, 4.69) is 0 Å². The van der Waals surface area contributed by atoms with Gasteiger partial charge in [-0.3, -0.25) is 9.59 Å². The number of amides is 1. The minimum atomic E-state index is -0.996. The normalized spacial score (nSPS) is 22.2. The second-order valence-electron chi connectivity index (χ2n) is 8.27. The van der Waals surface area contributed by atoms with Gasteiger partial charge in [-0.15, -0.1) is 0 Å². The summed E-state index contributed by atoms with van der Waals surface area (Å²) in [4.78, 5) is 29.1. The minimum Gasteiger partial charge on any atom is -0.507 e. The predicted octanol–water partition coefficient (Wildman–Crippen LogP) is 3.13. The van der Waals surface area contributed by atoms with Gasteiger partial charge in [0, 0.05) is 30.6 Å². The van der Waals surface area contributed by atoms with E-state index in [0.29, 0.717) is 18.5 Å². The summed E-state index contributed by atoms with van der Waals surface area (Å²) in [6.07, 6.45) is 0.715. The smallest absolute Gasteiger partial charge is 0.295 e. The topological polar surface area (TPSA) is 70.1 Å². The monoisotopic (exact) mass is 424 g/mol. The molecule has 1 amide bonds. The number of likely N-dealkylation sites (tertiary alicyclic amines) is 1. The van der Waals surface area contributed by atoms with Gasteiger partial charge in [0.05, 0.1) is 11.6 Å². The Balaban J connectivity index is 1.84. The molecule has 0 aliphatic carbocycles. The van der Waals surface area contributed by atoms with Crippen LogP contribution in [0.1, 0.15) is 29.7 Å². The Hall–Kier alpha value is -3.19. The van der Waals surface area contributed by atoms with Crippen molar-refractivity contribution in [1.82, 2.24) is 9.80 Å². The first kappa shape index (κ1) is 21.1. The lowest BCUT2D eigenvalue weighted by molar-refractivity contribution is -0.140. The summed E-state index contributed by atoms with van der Waals surface area (Å²) in [5, 5.41) is 11.1. The van der Waals surface area contributed by atoms with E-state index in [1.807, 2.05) is 25.9 Å². The van der Waals surface area contributed by atoms with Crippen molar-refractivity contribution in [3.8, 4) is 5.75 Å². The zero-order chi connectivity index (χ0) is 22.3. The number of aliphatic hydroxyl groups excluding tert-OH is 1. The first-order valence-electron chi connectivity index (χ1n) is 10.3. The van der Waals surface area contributed by atoms with Crippen molar-refractivity contribution in [3.05, 3.63) is 70.5 Å². The van der Waals surface area contributed by atoms with Crippen molar-refractivity contribution in [2.24, 2.45) is 0 Å². The largest absolute Gasteiger partial charge is 0.507 e. The SMILES string of the molecule is C[C@@H]1Cc2cc(/C(O)=C3\C(=O)C(=O)N(CCN(C)C)[C@@H]3c3ccccc3F)ccc2O1. The second-order valence-corrected chi connectivity index (χ2v) is 8.27. The Labute approximate surface area is 180 Å². The lowest BCUT2D eigenvalue weighted by Gasteiger charge is -2.26. The van der Waals surface area contributed by atoms with Gasteiger partial charge in [-0.1, -0.05) is 18.2 Å². The number of fused-ring (bicyclic) bond motifs is 1. The van der Waals surface area contributed by atoms with Gasteiger partial charge in [-0.05, 0) is 50.8 Å². The molecule has 2 atom stereocenters. The van der Waals surface area contributed by atoms with Crippen molar-refractivity contribution in [3.63, 3.8) is 0 Å². The van der Waals surface area contributed by atoms with Crippen molar-refractivity contribution >= 4 is 17.4 Å². The first-order chi connectivity index (χ1) is 14.8. The quantitative estimate of drug-likeness (QED) is 0.454. The van der Waals surface area contributed by atoms with Crippen LogP contribution in [-0.4, -0.2) is 59.9 Å². The number of aliphatic hydroxyl groups is 1. The van der Waals surface area contributed by atoms with E-state index in [-0.39, 0.29) is 29.5 Å². The van der Waals surface area contributed by atoms with E-state index >= 15 is 0 Å². The molecule has 1 fully saturated rings. The molecule has 1 N–H and O–H groups in total. The molecule has 2 aliphatic heterocycles. The molecule has 2 aliphatic rings. The Morgan fingerprint density at radius 2 is 1.97 bits per heavy atom. The van der Waals surface area contributed by atoms with Gasteiger partial charge >= 0.3 is 0 Å². The van der Waals surface area contributed by atoms with Crippen LogP contribution in [0.3, 0.4) is 0 Å². The van der Waals surface area contributed by atoms with Crippen LogP contribution in [0.2, 0.25) is 0 Å². The molecule has 0 unspecified atom stereocenters. The van der Waals surface area contributed by atoms with E-state index in [1.165, 1.54) is 11.0 Å². The highest BCUT2D eigenvalue weighted by Crippen LogP contribution is 2.41. The maximum absolute atomic E-state index is 14.7. The number of ether oxygens (including phenoxy) is 1. The first-order valence-corrected chi connectivity index (χ1v) is 10.3. The molecule has 0 spiro atoms. The number of ketones is 1. The lowest BCUT2D eigenvalue weighted by atomic mass is 9.94. The predicted molar refractivity (Wildman–Crippen MR) is 114 cm³/mol. The van der Waals surface area contributed by atoms with Crippen LogP contribution in [0.5, 0.6) is 5.75 Å². The second kappa shape index (κ2) is 8.15. The number of hydrogen-bond acceptors (Lipinski definition) is 5. The van der Waals surface area contributed by atoms with Crippen LogP contribution < -0.4 is 4.74 Å². The summed E-state index contributed by atoms with van der Waals surface area (Å²) in [6, 6.07) is 10.2. The third-order valence-corrected chi connectivity index (χ3v) is 5.70.